The number of esters is 1. The summed E-state index contributed by atoms with van der Waals surface area (Å²) < 4.78 is 4.49. The lowest BCUT2D eigenvalue weighted by molar-refractivity contribution is -0.877. The molecular weight excluding hydrogens is 306 g/mol. The molecule has 0 amide bonds. The summed E-state index contributed by atoms with van der Waals surface area (Å²) in [5, 5.41) is 52.2. The number of aliphatic hydroxyl groups excluding tert-OH is 2. The van der Waals surface area contributed by atoms with E-state index in [2.05, 4.69) is 0 Å². The largest absolute Gasteiger partial charge is 0.632 e. The Balaban J connectivity index is 2.03. The maximum absolute atomic E-state index is 12.4. The molecule has 23 heavy (non-hydrogen) atoms. The number of carbonyl (C=O) groups is 1. The van der Waals surface area contributed by atoms with Crippen molar-refractivity contribution in [1.82, 2.24) is 0 Å². The summed E-state index contributed by atoms with van der Waals surface area (Å²) in [4.78, 5) is 12.1. The molecule has 2 aliphatic rings. The van der Waals surface area contributed by atoms with Crippen molar-refractivity contribution in [2.24, 2.45) is 0 Å². The van der Waals surface area contributed by atoms with Gasteiger partial charge in [-0.05, 0) is 26.8 Å². The van der Waals surface area contributed by atoms with Crippen LogP contribution in [0.2, 0.25) is 0 Å². The zero-order valence-electron chi connectivity index (χ0n) is 13.6. The highest BCUT2D eigenvalue weighted by Gasteiger charge is 2.53. The Morgan fingerprint density at radius 2 is 2.13 bits per heavy atom. The van der Waals surface area contributed by atoms with Gasteiger partial charge >= 0.3 is 5.97 Å². The Morgan fingerprint density at radius 3 is 2.70 bits per heavy atom. The maximum atomic E-state index is 12.4. The van der Waals surface area contributed by atoms with Crippen molar-refractivity contribution < 1.29 is 34.6 Å². The molecule has 6 unspecified atom stereocenters. The molecule has 0 bridgehead atoms. The normalized spacial score (nSPS) is 36.6. The van der Waals surface area contributed by atoms with E-state index in [0.29, 0.717) is 18.5 Å². The second-order valence-electron chi connectivity index (χ2n) is 6.91. The van der Waals surface area contributed by atoms with Gasteiger partial charge < -0.3 is 35.0 Å². The molecule has 0 aliphatic carbocycles. The summed E-state index contributed by atoms with van der Waals surface area (Å²) >= 11 is 0. The molecule has 0 saturated carbocycles. The highest BCUT2D eigenvalue weighted by atomic mass is 16.6. The quantitative estimate of drug-likeness (QED) is 0.215. The minimum Gasteiger partial charge on any atom is -0.632 e. The summed E-state index contributed by atoms with van der Waals surface area (Å²) in [6.45, 7) is 3.73. The second kappa shape index (κ2) is 5.80. The zero-order valence-corrected chi connectivity index (χ0v) is 13.6. The molecule has 132 valence electrons. The van der Waals surface area contributed by atoms with E-state index in [0.717, 1.165) is 13.8 Å². The number of fused-ring (bicyclic) bond motifs is 1. The van der Waals surface area contributed by atoms with Crippen LogP contribution in [0.3, 0.4) is 0 Å². The van der Waals surface area contributed by atoms with Crippen LogP contribution >= 0.6 is 0 Å². The smallest absolute Gasteiger partial charge is 0.341 e. The monoisotopic (exact) mass is 331 g/mol. The van der Waals surface area contributed by atoms with Crippen molar-refractivity contribution in [1.29, 1.82) is 0 Å². The molecule has 1 fully saturated rings. The number of hydrogen-bond acceptors (Lipinski definition) is 7. The van der Waals surface area contributed by atoms with Crippen molar-refractivity contribution in [2.45, 2.75) is 56.6 Å². The lowest BCUT2D eigenvalue weighted by Crippen LogP contribution is -2.61. The minimum atomic E-state index is -2.32. The van der Waals surface area contributed by atoms with Crippen LogP contribution in [-0.2, 0) is 9.53 Å². The van der Waals surface area contributed by atoms with Crippen molar-refractivity contribution in [3.8, 4) is 0 Å². The Morgan fingerprint density at radius 1 is 1.52 bits per heavy atom. The van der Waals surface area contributed by atoms with E-state index in [9.17, 15) is 30.4 Å². The third-order valence-electron chi connectivity index (χ3n) is 5.28. The molecule has 0 aromatic carbocycles. The van der Waals surface area contributed by atoms with Crippen LogP contribution in [0, 0.1) is 5.21 Å². The SMILES string of the molecule is CC(O)C(C)(O)C(C)(O)C(=O)OCC1=CC[N+]2([O-])CCC(O)C12. The van der Waals surface area contributed by atoms with Crippen LogP contribution in [0.1, 0.15) is 27.2 Å². The van der Waals surface area contributed by atoms with Gasteiger partial charge in [-0.2, -0.15) is 0 Å². The van der Waals surface area contributed by atoms with Gasteiger partial charge in [-0.3, -0.25) is 0 Å². The topological polar surface area (TPSA) is 130 Å². The summed E-state index contributed by atoms with van der Waals surface area (Å²) in [7, 11) is 0. The number of carbonyl (C=O) groups excluding carboxylic acids is 1. The third kappa shape index (κ3) is 2.90. The van der Waals surface area contributed by atoms with Crippen LogP contribution < -0.4 is 0 Å². The molecule has 0 spiro atoms. The minimum absolute atomic E-state index is 0.219. The van der Waals surface area contributed by atoms with Gasteiger partial charge in [0.05, 0.1) is 19.2 Å². The molecule has 2 rings (SSSR count). The predicted octanol–water partition coefficient (Wildman–Crippen LogP) is -1.20. The average Bonchev–Trinajstić information content (AvgIpc) is 2.93. The fourth-order valence-corrected chi connectivity index (χ4v) is 3.16. The number of nitrogens with zero attached hydrogens (tertiary/aromatic N) is 1. The van der Waals surface area contributed by atoms with E-state index >= 15 is 0 Å². The predicted molar refractivity (Wildman–Crippen MR) is 79.7 cm³/mol. The number of ether oxygens (including phenoxy) is 1. The standard InChI is InChI=1S/C15H25NO7/c1-9(17)14(2,20)15(3,21)13(19)23-8-10-4-6-16(22)7-5-11(18)12(10)16/h4,9,11-12,17-18,20-21H,5-8H2,1-3H3. The first kappa shape index (κ1) is 18.3. The zero-order chi connectivity index (χ0) is 17.6. The Kier molecular flexibility index (Phi) is 4.62. The molecule has 2 heterocycles. The Labute approximate surface area is 134 Å². The molecule has 1 saturated heterocycles. The van der Waals surface area contributed by atoms with Crippen molar-refractivity contribution >= 4 is 5.97 Å². The Bertz CT molecular complexity index is 514. The molecule has 2 aliphatic heterocycles. The summed E-state index contributed by atoms with van der Waals surface area (Å²) in [6.07, 6.45) is -0.0950. The van der Waals surface area contributed by atoms with Crippen molar-refractivity contribution in [2.75, 3.05) is 19.7 Å². The molecule has 6 atom stereocenters. The fraction of sp³-hybridized carbons (Fsp3) is 0.800. The third-order valence-corrected chi connectivity index (χ3v) is 5.28. The van der Waals surface area contributed by atoms with Crippen molar-refractivity contribution in [3.63, 3.8) is 0 Å². The Hall–Kier alpha value is -1.03. The summed E-state index contributed by atoms with van der Waals surface area (Å²) in [6, 6.07) is -0.648. The number of hydrogen-bond donors (Lipinski definition) is 4. The highest BCUT2D eigenvalue weighted by molar-refractivity contribution is 5.80. The fourth-order valence-electron chi connectivity index (χ4n) is 3.16. The molecule has 0 radical (unpaired) electrons. The average molecular weight is 331 g/mol. The van der Waals surface area contributed by atoms with Crippen LogP contribution in [0.15, 0.2) is 11.6 Å². The molecule has 8 nitrogen and oxygen atoms in total. The number of rotatable bonds is 5. The first-order valence-electron chi connectivity index (χ1n) is 7.68. The number of quaternary nitrogens is 1. The summed E-state index contributed by atoms with van der Waals surface area (Å²) in [5.41, 5.74) is -3.90. The van der Waals surface area contributed by atoms with Gasteiger partial charge in [0.2, 0.25) is 0 Å². The molecule has 4 N–H and O–H groups in total. The molecule has 0 aromatic rings. The van der Waals surface area contributed by atoms with E-state index in [1.807, 2.05) is 0 Å². The number of hydroxylamine groups is 3. The number of aliphatic hydroxyl groups is 4. The first-order chi connectivity index (χ1) is 10.4. The van der Waals surface area contributed by atoms with Gasteiger partial charge in [-0.1, -0.05) is 0 Å². The van der Waals surface area contributed by atoms with Gasteiger partial charge in [0.1, 0.15) is 24.4 Å². The first-order valence-corrected chi connectivity index (χ1v) is 7.68. The lowest BCUT2D eigenvalue weighted by Gasteiger charge is -2.40. The van der Waals surface area contributed by atoms with E-state index < -0.39 is 40.1 Å². The molecular formula is C15H25NO7. The summed E-state index contributed by atoms with van der Waals surface area (Å²) in [5.74, 6) is -1.10. The van der Waals surface area contributed by atoms with Crippen LogP contribution in [0.4, 0.5) is 0 Å². The lowest BCUT2D eigenvalue weighted by atomic mass is 9.82. The van der Waals surface area contributed by atoms with Crippen LogP contribution in [0.5, 0.6) is 0 Å². The van der Waals surface area contributed by atoms with E-state index in [-0.39, 0.29) is 13.2 Å². The highest BCUT2D eigenvalue weighted by Crippen LogP contribution is 2.36. The van der Waals surface area contributed by atoms with Gasteiger partial charge in [0.15, 0.2) is 5.60 Å². The molecule has 8 heteroatoms. The van der Waals surface area contributed by atoms with Gasteiger partial charge in [-0.25, -0.2) is 4.79 Å². The van der Waals surface area contributed by atoms with E-state index in [1.165, 1.54) is 6.92 Å². The van der Waals surface area contributed by atoms with Crippen molar-refractivity contribution in [3.05, 3.63) is 16.9 Å². The van der Waals surface area contributed by atoms with E-state index in [1.54, 1.807) is 6.08 Å². The van der Waals surface area contributed by atoms with Crippen LogP contribution in [0.25, 0.3) is 0 Å². The maximum Gasteiger partial charge on any atom is 0.341 e. The van der Waals surface area contributed by atoms with E-state index in [4.69, 9.17) is 4.74 Å². The van der Waals surface area contributed by atoms with Crippen LogP contribution in [-0.4, -0.2) is 80.2 Å². The van der Waals surface area contributed by atoms with Gasteiger partial charge in [0, 0.05) is 12.0 Å². The second-order valence-corrected chi connectivity index (χ2v) is 6.91. The van der Waals surface area contributed by atoms with Gasteiger partial charge in [-0.15, -0.1) is 0 Å². The van der Waals surface area contributed by atoms with Gasteiger partial charge in [0.25, 0.3) is 0 Å². The molecule has 0 aromatic heterocycles.